The zero-order chi connectivity index (χ0) is 18.6. The van der Waals surface area contributed by atoms with Crippen LogP contribution in [-0.2, 0) is 14.4 Å². The van der Waals surface area contributed by atoms with E-state index in [0.29, 0.717) is 11.1 Å². The highest BCUT2D eigenvalue weighted by molar-refractivity contribution is 6.21. The van der Waals surface area contributed by atoms with Crippen LogP contribution in [0.5, 0.6) is 0 Å². The molecule has 1 aliphatic heterocycles. The highest BCUT2D eigenvalue weighted by atomic mass is 16.4. The van der Waals surface area contributed by atoms with Gasteiger partial charge in [-0.25, -0.2) is 4.79 Å². The Morgan fingerprint density at radius 3 is 2.08 bits per heavy atom. The third kappa shape index (κ3) is 4.19. The van der Waals surface area contributed by atoms with E-state index >= 15 is 0 Å². The number of carboxylic acids is 2. The Morgan fingerprint density at radius 1 is 1.04 bits per heavy atom. The minimum absolute atomic E-state index is 0.0104. The average molecular weight is 348 g/mol. The lowest BCUT2D eigenvalue weighted by molar-refractivity contribution is -0.147. The number of nitrogens with zero attached hydrogens (tertiary/aromatic N) is 1. The largest absolute Gasteiger partial charge is 0.481 e. The van der Waals surface area contributed by atoms with Crippen LogP contribution in [0.2, 0.25) is 0 Å². The first kappa shape index (κ1) is 18.1. The van der Waals surface area contributed by atoms with Crippen LogP contribution in [0.15, 0.2) is 24.3 Å². The molecule has 0 spiro atoms. The summed E-state index contributed by atoms with van der Waals surface area (Å²) < 4.78 is 0. The van der Waals surface area contributed by atoms with Gasteiger partial charge >= 0.3 is 11.9 Å². The number of hydrogen-bond acceptors (Lipinski definition) is 5. The normalized spacial score (nSPS) is 14.2. The molecule has 0 fully saturated rings. The number of carboxylic acid groups (broad SMARTS) is 2. The summed E-state index contributed by atoms with van der Waals surface area (Å²) in [6, 6.07) is 4.87. The highest BCUT2D eigenvalue weighted by Gasteiger charge is 2.34. The number of aliphatic carboxylic acids is 2. The van der Waals surface area contributed by atoms with E-state index in [0.717, 1.165) is 4.90 Å². The first-order chi connectivity index (χ1) is 11.8. The molecule has 0 saturated heterocycles. The van der Waals surface area contributed by atoms with Crippen LogP contribution in [0.3, 0.4) is 0 Å². The van der Waals surface area contributed by atoms with Gasteiger partial charge in [0.25, 0.3) is 11.8 Å². The molecule has 9 nitrogen and oxygen atoms in total. The number of rotatable bonds is 8. The number of carbonyl (C=O) groups excluding carboxylic acids is 3. The summed E-state index contributed by atoms with van der Waals surface area (Å²) in [5, 5.41) is 19.6. The number of nitrogens with one attached hydrogen (secondary N) is 1. The molecule has 0 saturated carbocycles. The van der Waals surface area contributed by atoms with Gasteiger partial charge in [0.2, 0.25) is 5.91 Å². The molecule has 0 aliphatic carbocycles. The predicted octanol–water partition coefficient (Wildman–Crippen LogP) is 0.107. The molecule has 1 atom stereocenters. The van der Waals surface area contributed by atoms with Gasteiger partial charge in [0.1, 0.15) is 6.04 Å². The van der Waals surface area contributed by atoms with Gasteiger partial charge in [0.05, 0.1) is 17.5 Å². The van der Waals surface area contributed by atoms with E-state index in [4.69, 9.17) is 10.2 Å². The number of carbonyl (C=O) groups is 5. The van der Waals surface area contributed by atoms with Gasteiger partial charge in [-0.1, -0.05) is 12.1 Å². The van der Waals surface area contributed by atoms with E-state index in [-0.39, 0.29) is 19.4 Å². The molecule has 132 valence electrons. The van der Waals surface area contributed by atoms with Crippen LogP contribution >= 0.6 is 0 Å². The highest BCUT2D eigenvalue weighted by Crippen LogP contribution is 2.22. The Labute approximate surface area is 142 Å². The Hall–Kier alpha value is -3.23. The van der Waals surface area contributed by atoms with E-state index < -0.39 is 42.1 Å². The second kappa shape index (κ2) is 7.56. The molecule has 3 N–H and O–H groups in total. The zero-order valence-corrected chi connectivity index (χ0v) is 13.1. The minimum Gasteiger partial charge on any atom is -0.481 e. The SMILES string of the molecule is O=C(O)CC(NC(=O)CCCN1C(=O)c2ccccc2C1=O)C(=O)O. The van der Waals surface area contributed by atoms with Crippen LogP contribution in [-0.4, -0.2) is 57.4 Å². The quantitative estimate of drug-likeness (QED) is 0.566. The maximum absolute atomic E-state index is 12.1. The van der Waals surface area contributed by atoms with Crippen molar-refractivity contribution in [3.8, 4) is 0 Å². The van der Waals surface area contributed by atoms with Crippen molar-refractivity contribution in [2.75, 3.05) is 6.54 Å². The number of hydrogen-bond donors (Lipinski definition) is 3. The Kier molecular flexibility index (Phi) is 5.48. The van der Waals surface area contributed by atoms with E-state index in [1.807, 2.05) is 0 Å². The summed E-state index contributed by atoms with van der Waals surface area (Å²) in [6.07, 6.45) is -0.743. The van der Waals surface area contributed by atoms with Crippen molar-refractivity contribution in [1.29, 1.82) is 0 Å². The van der Waals surface area contributed by atoms with Crippen molar-refractivity contribution in [3.63, 3.8) is 0 Å². The lowest BCUT2D eigenvalue weighted by Gasteiger charge is -2.15. The fourth-order valence-electron chi connectivity index (χ4n) is 2.48. The van der Waals surface area contributed by atoms with Crippen molar-refractivity contribution >= 4 is 29.7 Å². The lowest BCUT2D eigenvalue weighted by atomic mass is 10.1. The van der Waals surface area contributed by atoms with E-state index in [1.54, 1.807) is 24.3 Å². The van der Waals surface area contributed by atoms with Gasteiger partial charge in [-0.15, -0.1) is 0 Å². The molecular formula is C16H16N2O7. The molecule has 3 amide bonds. The standard InChI is InChI=1S/C16H16N2O7/c19-12(17-11(16(24)25)8-13(20)21)6-3-7-18-14(22)9-4-1-2-5-10(9)15(18)23/h1-2,4-5,11H,3,6-8H2,(H,17,19)(H,20,21)(H,24,25). The molecule has 0 radical (unpaired) electrons. The molecule has 9 heteroatoms. The summed E-state index contributed by atoms with van der Waals surface area (Å²) in [4.78, 5) is 58.5. The second-order valence-corrected chi connectivity index (χ2v) is 5.47. The maximum Gasteiger partial charge on any atom is 0.326 e. The fourth-order valence-corrected chi connectivity index (χ4v) is 2.48. The zero-order valence-electron chi connectivity index (χ0n) is 13.1. The maximum atomic E-state index is 12.1. The first-order valence-electron chi connectivity index (χ1n) is 7.50. The topological polar surface area (TPSA) is 141 Å². The van der Waals surface area contributed by atoms with E-state index in [2.05, 4.69) is 5.32 Å². The van der Waals surface area contributed by atoms with Crippen LogP contribution in [0.4, 0.5) is 0 Å². The monoisotopic (exact) mass is 348 g/mol. The van der Waals surface area contributed by atoms with Gasteiger partial charge in [-0.05, 0) is 18.6 Å². The summed E-state index contributed by atoms with van der Waals surface area (Å²) in [6.45, 7) is 0.0104. The Bertz CT molecular complexity index is 709. The molecule has 1 aromatic carbocycles. The van der Waals surface area contributed by atoms with Crippen LogP contribution < -0.4 is 5.32 Å². The average Bonchev–Trinajstić information content (AvgIpc) is 2.79. The molecule has 1 heterocycles. The molecule has 0 bridgehead atoms. The van der Waals surface area contributed by atoms with Crippen molar-refractivity contribution in [2.24, 2.45) is 0 Å². The lowest BCUT2D eigenvalue weighted by Crippen LogP contribution is -2.42. The third-order valence-electron chi connectivity index (χ3n) is 3.68. The van der Waals surface area contributed by atoms with Crippen molar-refractivity contribution in [1.82, 2.24) is 10.2 Å². The van der Waals surface area contributed by atoms with Gasteiger partial charge < -0.3 is 15.5 Å². The second-order valence-electron chi connectivity index (χ2n) is 5.47. The molecule has 2 rings (SSSR count). The van der Waals surface area contributed by atoms with Crippen LogP contribution in [0.1, 0.15) is 40.0 Å². The summed E-state index contributed by atoms with van der Waals surface area (Å²) >= 11 is 0. The number of benzene rings is 1. The van der Waals surface area contributed by atoms with E-state index in [1.165, 1.54) is 0 Å². The van der Waals surface area contributed by atoms with E-state index in [9.17, 15) is 24.0 Å². The van der Waals surface area contributed by atoms with Crippen molar-refractivity contribution < 1.29 is 34.2 Å². The minimum atomic E-state index is -1.52. The Morgan fingerprint density at radius 2 is 1.60 bits per heavy atom. The molecule has 1 aliphatic rings. The fraction of sp³-hybridized carbons (Fsp3) is 0.312. The molecule has 1 aromatic rings. The number of amides is 3. The Balaban J connectivity index is 1.86. The summed E-state index contributed by atoms with van der Waals surface area (Å²) in [5.74, 6) is -4.33. The van der Waals surface area contributed by atoms with Gasteiger partial charge in [-0.2, -0.15) is 0 Å². The molecule has 25 heavy (non-hydrogen) atoms. The van der Waals surface area contributed by atoms with Gasteiger partial charge in [0, 0.05) is 13.0 Å². The third-order valence-corrected chi connectivity index (χ3v) is 3.68. The first-order valence-corrected chi connectivity index (χ1v) is 7.50. The number of imide groups is 1. The van der Waals surface area contributed by atoms with Crippen molar-refractivity contribution in [3.05, 3.63) is 35.4 Å². The molecule has 0 aromatic heterocycles. The summed E-state index contributed by atoms with van der Waals surface area (Å²) in [7, 11) is 0. The molecular weight excluding hydrogens is 332 g/mol. The molecule has 1 unspecified atom stereocenters. The van der Waals surface area contributed by atoms with Crippen molar-refractivity contribution in [2.45, 2.75) is 25.3 Å². The van der Waals surface area contributed by atoms with Crippen LogP contribution in [0.25, 0.3) is 0 Å². The van der Waals surface area contributed by atoms with Crippen LogP contribution in [0, 0.1) is 0 Å². The predicted molar refractivity (Wildman–Crippen MR) is 82.9 cm³/mol. The van der Waals surface area contributed by atoms with Gasteiger partial charge in [0.15, 0.2) is 0 Å². The van der Waals surface area contributed by atoms with Gasteiger partial charge in [-0.3, -0.25) is 24.1 Å². The smallest absolute Gasteiger partial charge is 0.326 e. The number of fused-ring (bicyclic) bond motifs is 1. The summed E-state index contributed by atoms with van der Waals surface area (Å²) in [5.41, 5.74) is 0.619.